The Balaban J connectivity index is 1.90. The van der Waals surface area contributed by atoms with Crippen LogP contribution in [0.25, 0.3) is 0 Å². The molecule has 22 heavy (non-hydrogen) atoms. The van der Waals surface area contributed by atoms with Crippen molar-refractivity contribution in [3.05, 3.63) is 59.9 Å². The summed E-state index contributed by atoms with van der Waals surface area (Å²) in [5.41, 5.74) is 1.79. The topological polar surface area (TPSA) is 33.3 Å². The van der Waals surface area contributed by atoms with Gasteiger partial charge in [-0.3, -0.25) is 0 Å². The monoisotopic (exact) mass is 318 g/mol. The molecule has 0 saturated carbocycles. The lowest BCUT2D eigenvalue weighted by Gasteiger charge is -2.14. The van der Waals surface area contributed by atoms with E-state index in [1.165, 1.54) is 12.1 Å². The van der Waals surface area contributed by atoms with Gasteiger partial charge in [0.15, 0.2) is 5.11 Å². The summed E-state index contributed by atoms with van der Waals surface area (Å²) in [6.07, 6.45) is 0.946. The van der Waals surface area contributed by atoms with E-state index in [1.807, 2.05) is 24.3 Å². The van der Waals surface area contributed by atoms with Crippen LogP contribution in [0.4, 0.5) is 10.1 Å². The highest BCUT2D eigenvalue weighted by molar-refractivity contribution is 7.80. The van der Waals surface area contributed by atoms with E-state index in [0.29, 0.717) is 18.3 Å². The fraction of sp³-hybridized carbons (Fsp3) is 0.235. The predicted octanol–water partition coefficient (Wildman–Crippen LogP) is 4.10. The molecule has 5 heteroatoms. The van der Waals surface area contributed by atoms with E-state index in [4.69, 9.17) is 17.0 Å². The van der Waals surface area contributed by atoms with Crippen molar-refractivity contribution in [2.45, 2.75) is 19.9 Å². The molecule has 2 rings (SSSR count). The number of hydrogen-bond acceptors (Lipinski definition) is 2. The highest BCUT2D eigenvalue weighted by Crippen LogP contribution is 2.23. The van der Waals surface area contributed by atoms with Crippen molar-refractivity contribution in [2.24, 2.45) is 0 Å². The molecular weight excluding hydrogens is 299 g/mol. The number of benzene rings is 2. The molecule has 0 aliphatic heterocycles. The quantitative estimate of drug-likeness (QED) is 0.786. The van der Waals surface area contributed by atoms with Gasteiger partial charge in [0.2, 0.25) is 0 Å². The van der Waals surface area contributed by atoms with Crippen molar-refractivity contribution >= 4 is 23.0 Å². The summed E-state index contributed by atoms with van der Waals surface area (Å²) in [5.74, 6) is 0.529. The van der Waals surface area contributed by atoms with Gasteiger partial charge in [-0.2, -0.15) is 0 Å². The molecular formula is C17H19FN2OS. The lowest BCUT2D eigenvalue weighted by Crippen LogP contribution is -2.28. The van der Waals surface area contributed by atoms with Crippen molar-refractivity contribution < 1.29 is 9.13 Å². The molecule has 0 fully saturated rings. The van der Waals surface area contributed by atoms with Crippen LogP contribution in [-0.4, -0.2) is 11.7 Å². The van der Waals surface area contributed by atoms with Crippen LogP contribution in [0.5, 0.6) is 5.75 Å². The highest BCUT2D eigenvalue weighted by Gasteiger charge is 2.04. The van der Waals surface area contributed by atoms with E-state index in [0.717, 1.165) is 23.4 Å². The van der Waals surface area contributed by atoms with Gasteiger partial charge in [-0.05, 0) is 48.5 Å². The second-order valence-corrected chi connectivity index (χ2v) is 5.19. The number of hydrogen-bond donors (Lipinski definition) is 2. The van der Waals surface area contributed by atoms with Gasteiger partial charge in [0.05, 0.1) is 12.3 Å². The second kappa shape index (κ2) is 8.34. The molecule has 0 amide bonds. The predicted molar refractivity (Wildman–Crippen MR) is 91.7 cm³/mol. The molecule has 116 valence electrons. The molecule has 0 aliphatic carbocycles. The largest absolute Gasteiger partial charge is 0.491 e. The summed E-state index contributed by atoms with van der Waals surface area (Å²) in [5, 5.41) is 6.71. The highest BCUT2D eigenvalue weighted by atomic mass is 32.1. The Morgan fingerprint density at radius 2 is 1.86 bits per heavy atom. The molecule has 2 N–H and O–H groups in total. The van der Waals surface area contributed by atoms with Crippen LogP contribution in [0, 0.1) is 5.82 Å². The van der Waals surface area contributed by atoms with Crippen LogP contribution in [0.3, 0.4) is 0 Å². The van der Waals surface area contributed by atoms with Crippen LogP contribution in [-0.2, 0) is 6.54 Å². The first-order valence-corrected chi connectivity index (χ1v) is 7.61. The summed E-state index contributed by atoms with van der Waals surface area (Å²) in [4.78, 5) is 0. The third-order valence-electron chi connectivity index (χ3n) is 2.96. The van der Waals surface area contributed by atoms with Gasteiger partial charge in [0.25, 0.3) is 0 Å². The second-order valence-electron chi connectivity index (χ2n) is 4.78. The van der Waals surface area contributed by atoms with Crippen molar-refractivity contribution in [3.63, 3.8) is 0 Å². The Bertz CT molecular complexity index is 616. The zero-order valence-electron chi connectivity index (χ0n) is 12.4. The van der Waals surface area contributed by atoms with E-state index >= 15 is 0 Å². The van der Waals surface area contributed by atoms with Gasteiger partial charge < -0.3 is 15.4 Å². The first-order chi connectivity index (χ1) is 10.7. The lowest BCUT2D eigenvalue weighted by atomic mass is 10.2. The minimum absolute atomic E-state index is 0.244. The smallest absolute Gasteiger partial charge is 0.171 e. The van der Waals surface area contributed by atoms with E-state index in [-0.39, 0.29) is 5.82 Å². The van der Waals surface area contributed by atoms with Gasteiger partial charge in [0, 0.05) is 6.54 Å². The molecule has 0 aromatic heterocycles. The molecule has 3 nitrogen and oxygen atoms in total. The number of thiocarbonyl (C=S) groups is 1. The first kappa shape index (κ1) is 16.2. The Morgan fingerprint density at radius 1 is 1.14 bits per heavy atom. The summed E-state index contributed by atoms with van der Waals surface area (Å²) in [7, 11) is 0. The number of halogens is 1. The molecule has 2 aromatic rings. The first-order valence-electron chi connectivity index (χ1n) is 7.20. The zero-order valence-corrected chi connectivity index (χ0v) is 13.3. The molecule has 0 heterocycles. The van der Waals surface area contributed by atoms with Gasteiger partial charge in [0.1, 0.15) is 11.6 Å². The van der Waals surface area contributed by atoms with Crippen molar-refractivity contribution in [1.29, 1.82) is 0 Å². The molecule has 0 saturated heterocycles. The Hall–Kier alpha value is -2.14. The number of ether oxygens (including phenoxy) is 1. The standard InChI is InChI=1S/C17H19FN2OS/c1-2-11-21-16-6-4-3-5-15(16)20-17(22)19-12-13-7-9-14(18)10-8-13/h3-10H,2,11-12H2,1H3,(H2,19,20,22). The minimum atomic E-state index is -0.244. The Labute approximate surface area is 135 Å². The zero-order chi connectivity index (χ0) is 15.8. The van der Waals surface area contributed by atoms with Crippen LogP contribution >= 0.6 is 12.2 Å². The third-order valence-corrected chi connectivity index (χ3v) is 3.21. The number of para-hydroxylation sites is 2. The van der Waals surface area contributed by atoms with Gasteiger partial charge in [-0.15, -0.1) is 0 Å². The summed E-state index contributed by atoms with van der Waals surface area (Å²) in [6, 6.07) is 14.0. The lowest BCUT2D eigenvalue weighted by molar-refractivity contribution is 0.319. The van der Waals surface area contributed by atoms with E-state index in [1.54, 1.807) is 12.1 Å². The molecule has 0 radical (unpaired) electrons. The Morgan fingerprint density at radius 3 is 2.59 bits per heavy atom. The number of nitrogens with one attached hydrogen (secondary N) is 2. The van der Waals surface area contributed by atoms with Gasteiger partial charge >= 0.3 is 0 Å². The van der Waals surface area contributed by atoms with Gasteiger partial charge in [-0.1, -0.05) is 31.2 Å². The van der Waals surface area contributed by atoms with E-state index in [2.05, 4.69) is 17.6 Å². The fourth-order valence-electron chi connectivity index (χ4n) is 1.86. The molecule has 2 aromatic carbocycles. The van der Waals surface area contributed by atoms with Crippen molar-refractivity contribution in [2.75, 3.05) is 11.9 Å². The average molecular weight is 318 g/mol. The van der Waals surface area contributed by atoms with E-state index in [9.17, 15) is 4.39 Å². The Kier molecular flexibility index (Phi) is 6.15. The number of anilines is 1. The summed E-state index contributed by atoms with van der Waals surface area (Å²) >= 11 is 5.28. The minimum Gasteiger partial charge on any atom is -0.491 e. The summed E-state index contributed by atoms with van der Waals surface area (Å²) in [6.45, 7) is 3.25. The fourth-order valence-corrected chi connectivity index (χ4v) is 2.04. The maximum absolute atomic E-state index is 12.8. The normalized spacial score (nSPS) is 10.1. The third kappa shape index (κ3) is 5.00. The van der Waals surface area contributed by atoms with Crippen molar-refractivity contribution in [3.8, 4) is 5.75 Å². The van der Waals surface area contributed by atoms with Crippen LogP contribution in [0.2, 0.25) is 0 Å². The van der Waals surface area contributed by atoms with Crippen LogP contribution < -0.4 is 15.4 Å². The van der Waals surface area contributed by atoms with E-state index < -0.39 is 0 Å². The number of rotatable bonds is 6. The average Bonchev–Trinajstić information content (AvgIpc) is 2.53. The maximum Gasteiger partial charge on any atom is 0.171 e. The van der Waals surface area contributed by atoms with Crippen molar-refractivity contribution in [1.82, 2.24) is 5.32 Å². The summed E-state index contributed by atoms with van der Waals surface area (Å²) < 4.78 is 18.5. The molecule has 0 aliphatic rings. The molecule has 0 atom stereocenters. The molecule has 0 bridgehead atoms. The molecule has 0 spiro atoms. The van der Waals surface area contributed by atoms with Crippen LogP contribution in [0.15, 0.2) is 48.5 Å². The SMILES string of the molecule is CCCOc1ccccc1NC(=S)NCc1ccc(F)cc1. The van der Waals surface area contributed by atoms with Crippen LogP contribution in [0.1, 0.15) is 18.9 Å². The van der Waals surface area contributed by atoms with Gasteiger partial charge in [-0.25, -0.2) is 4.39 Å². The molecule has 0 unspecified atom stereocenters. The maximum atomic E-state index is 12.8.